The summed E-state index contributed by atoms with van der Waals surface area (Å²) in [6.45, 7) is 4.39. The van der Waals surface area contributed by atoms with Gasteiger partial charge in [-0.2, -0.15) is 0 Å². The highest BCUT2D eigenvalue weighted by Gasteiger charge is 2.12. The predicted octanol–water partition coefficient (Wildman–Crippen LogP) is 3.85. The lowest BCUT2D eigenvalue weighted by molar-refractivity contribution is 0.726. The van der Waals surface area contributed by atoms with Crippen molar-refractivity contribution in [3.05, 3.63) is 28.2 Å². The largest absolute Gasteiger partial charge is 0.372 e. The van der Waals surface area contributed by atoms with Crippen molar-refractivity contribution in [1.29, 1.82) is 0 Å². The first-order chi connectivity index (χ1) is 8.18. The Labute approximate surface area is 112 Å². The zero-order chi connectivity index (χ0) is 12.3. The number of nitrogens with two attached hydrogens (primary N) is 1. The van der Waals surface area contributed by atoms with Crippen molar-refractivity contribution >= 4 is 21.6 Å². The molecule has 2 nitrogen and oxygen atoms in total. The van der Waals surface area contributed by atoms with Crippen LogP contribution in [0.3, 0.4) is 0 Å². The van der Waals surface area contributed by atoms with Crippen LogP contribution in [0.15, 0.2) is 22.7 Å². The van der Waals surface area contributed by atoms with Gasteiger partial charge in [0, 0.05) is 29.3 Å². The second-order valence-corrected chi connectivity index (χ2v) is 5.75. The maximum atomic E-state index is 5.92. The van der Waals surface area contributed by atoms with E-state index in [0.29, 0.717) is 0 Å². The minimum Gasteiger partial charge on any atom is -0.372 e. The van der Waals surface area contributed by atoms with E-state index >= 15 is 0 Å². The minimum absolute atomic E-state index is 0.0857. The summed E-state index contributed by atoms with van der Waals surface area (Å²) in [7, 11) is 0. The standard InChI is InChI=1S/C14H21BrN2/c1-11(16)13-7-6-12(10-14(13)15)17-8-4-2-3-5-9-17/h6-7,10-11H,2-5,8-9,16H2,1H3. The molecule has 0 bridgehead atoms. The van der Waals surface area contributed by atoms with Crippen molar-refractivity contribution in [2.75, 3.05) is 18.0 Å². The molecule has 1 atom stereocenters. The molecule has 1 aliphatic heterocycles. The van der Waals surface area contributed by atoms with Crippen LogP contribution >= 0.6 is 15.9 Å². The molecule has 2 rings (SSSR count). The van der Waals surface area contributed by atoms with Gasteiger partial charge >= 0.3 is 0 Å². The molecule has 3 heteroatoms. The second-order valence-electron chi connectivity index (χ2n) is 4.90. The summed E-state index contributed by atoms with van der Waals surface area (Å²) >= 11 is 3.63. The van der Waals surface area contributed by atoms with E-state index in [1.807, 2.05) is 6.92 Å². The zero-order valence-electron chi connectivity index (χ0n) is 10.5. The first-order valence-electron chi connectivity index (χ1n) is 6.48. The third-order valence-corrected chi connectivity index (χ3v) is 4.13. The van der Waals surface area contributed by atoms with Gasteiger partial charge in [-0.05, 0) is 37.5 Å². The maximum Gasteiger partial charge on any atom is 0.0377 e. The van der Waals surface area contributed by atoms with Gasteiger partial charge in [-0.1, -0.05) is 34.8 Å². The van der Waals surface area contributed by atoms with Crippen molar-refractivity contribution in [2.45, 2.75) is 38.6 Å². The number of hydrogen-bond acceptors (Lipinski definition) is 2. The summed E-state index contributed by atoms with van der Waals surface area (Å²) < 4.78 is 1.13. The number of hydrogen-bond donors (Lipinski definition) is 1. The van der Waals surface area contributed by atoms with Crippen LogP contribution < -0.4 is 10.6 Å². The predicted molar refractivity (Wildman–Crippen MR) is 77.4 cm³/mol. The van der Waals surface area contributed by atoms with Gasteiger partial charge in [0.05, 0.1) is 0 Å². The van der Waals surface area contributed by atoms with Gasteiger partial charge in [-0.15, -0.1) is 0 Å². The van der Waals surface area contributed by atoms with Gasteiger partial charge in [0.1, 0.15) is 0 Å². The second kappa shape index (κ2) is 5.87. The van der Waals surface area contributed by atoms with Crippen LogP contribution in [-0.2, 0) is 0 Å². The summed E-state index contributed by atoms with van der Waals surface area (Å²) in [4.78, 5) is 2.49. The Kier molecular flexibility index (Phi) is 4.46. The van der Waals surface area contributed by atoms with Crippen LogP contribution in [-0.4, -0.2) is 13.1 Å². The quantitative estimate of drug-likeness (QED) is 0.898. The fourth-order valence-corrected chi connectivity index (χ4v) is 3.14. The van der Waals surface area contributed by atoms with Crippen molar-refractivity contribution < 1.29 is 0 Å². The maximum absolute atomic E-state index is 5.92. The molecule has 1 saturated heterocycles. The van der Waals surface area contributed by atoms with Gasteiger partial charge in [-0.25, -0.2) is 0 Å². The fraction of sp³-hybridized carbons (Fsp3) is 0.571. The molecule has 1 unspecified atom stereocenters. The Morgan fingerprint density at radius 3 is 2.35 bits per heavy atom. The lowest BCUT2D eigenvalue weighted by atomic mass is 10.1. The van der Waals surface area contributed by atoms with E-state index in [9.17, 15) is 0 Å². The van der Waals surface area contributed by atoms with E-state index in [1.165, 1.54) is 50.0 Å². The highest BCUT2D eigenvalue weighted by molar-refractivity contribution is 9.10. The molecule has 0 saturated carbocycles. The average Bonchev–Trinajstić information content (AvgIpc) is 2.56. The Morgan fingerprint density at radius 2 is 1.82 bits per heavy atom. The van der Waals surface area contributed by atoms with Crippen LogP contribution in [0.4, 0.5) is 5.69 Å². The van der Waals surface area contributed by atoms with E-state index in [4.69, 9.17) is 5.73 Å². The first-order valence-corrected chi connectivity index (χ1v) is 7.28. The zero-order valence-corrected chi connectivity index (χ0v) is 12.0. The molecule has 1 fully saturated rings. The molecule has 0 aliphatic carbocycles. The van der Waals surface area contributed by atoms with Gasteiger partial charge in [-0.3, -0.25) is 0 Å². The molecular formula is C14H21BrN2. The highest BCUT2D eigenvalue weighted by Crippen LogP contribution is 2.28. The number of rotatable bonds is 2. The van der Waals surface area contributed by atoms with Crippen LogP contribution in [0.1, 0.15) is 44.2 Å². The van der Waals surface area contributed by atoms with Crippen LogP contribution in [0.5, 0.6) is 0 Å². The van der Waals surface area contributed by atoms with Gasteiger partial charge in [0.25, 0.3) is 0 Å². The third-order valence-electron chi connectivity index (χ3n) is 3.45. The molecule has 0 spiro atoms. The Hall–Kier alpha value is -0.540. The van der Waals surface area contributed by atoms with Crippen LogP contribution in [0.2, 0.25) is 0 Å². The van der Waals surface area contributed by atoms with E-state index in [0.717, 1.165) is 4.47 Å². The molecule has 1 aromatic carbocycles. The summed E-state index contributed by atoms with van der Waals surface area (Å²) in [5.41, 5.74) is 8.43. The number of halogens is 1. The molecule has 1 aromatic rings. The van der Waals surface area contributed by atoms with E-state index in [2.05, 4.69) is 39.0 Å². The molecule has 17 heavy (non-hydrogen) atoms. The van der Waals surface area contributed by atoms with Crippen molar-refractivity contribution in [3.63, 3.8) is 0 Å². The summed E-state index contributed by atoms with van der Waals surface area (Å²) in [6.07, 6.45) is 5.37. The average molecular weight is 297 g/mol. The van der Waals surface area contributed by atoms with E-state index < -0.39 is 0 Å². The van der Waals surface area contributed by atoms with Crippen molar-refractivity contribution in [3.8, 4) is 0 Å². The smallest absolute Gasteiger partial charge is 0.0377 e. The van der Waals surface area contributed by atoms with E-state index in [1.54, 1.807) is 0 Å². The van der Waals surface area contributed by atoms with Gasteiger partial charge < -0.3 is 10.6 Å². The molecule has 2 N–H and O–H groups in total. The summed E-state index contributed by atoms with van der Waals surface area (Å²) in [5, 5.41) is 0. The Morgan fingerprint density at radius 1 is 1.18 bits per heavy atom. The molecule has 0 amide bonds. The normalized spacial score (nSPS) is 18.9. The van der Waals surface area contributed by atoms with Gasteiger partial charge in [0.2, 0.25) is 0 Å². The van der Waals surface area contributed by atoms with Gasteiger partial charge in [0.15, 0.2) is 0 Å². The fourth-order valence-electron chi connectivity index (χ4n) is 2.41. The Balaban J connectivity index is 2.18. The number of nitrogens with zero attached hydrogens (tertiary/aromatic N) is 1. The topological polar surface area (TPSA) is 29.3 Å². The van der Waals surface area contributed by atoms with Crippen LogP contribution in [0, 0.1) is 0 Å². The Bertz CT molecular complexity index is 368. The molecule has 94 valence electrons. The van der Waals surface area contributed by atoms with E-state index in [-0.39, 0.29) is 6.04 Å². The monoisotopic (exact) mass is 296 g/mol. The first kappa shape index (κ1) is 12.9. The minimum atomic E-state index is 0.0857. The molecule has 0 radical (unpaired) electrons. The number of benzene rings is 1. The van der Waals surface area contributed by atoms with Crippen LogP contribution in [0.25, 0.3) is 0 Å². The molecule has 1 aliphatic rings. The molecule has 0 aromatic heterocycles. The number of anilines is 1. The SMILES string of the molecule is CC(N)c1ccc(N2CCCCCC2)cc1Br. The summed E-state index contributed by atoms with van der Waals surface area (Å²) in [5.74, 6) is 0. The molecule has 1 heterocycles. The lowest BCUT2D eigenvalue weighted by Gasteiger charge is -2.23. The van der Waals surface area contributed by atoms with Crippen molar-refractivity contribution in [1.82, 2.24) is 0 Å². The highest BCUT2D eigenvalue weighted by atomic mass is 79.9. The summed E-state index contributed by atoms with van der Waals surface area (Å²) in [6, 6.07) is 6.65. The van der Waals surface area contributed by atoms with Crippen molar-refractivity contribution in [2.24, 2.45) is 5.73 Å². The third kappa shape index (κ3) is 3.23. The molecular weight excluding hydrogens is 276 g/mol. The lowest BCUT2D eigenvalue weighted by Crippen LogP contribution is -2.23.